The number of aromatic nitrogens is 1. The molecular formula is C35H48FN5O8Si. The Morgan fingerprint density at radius 3 is 2.54 bits per heavy atom. The smallest absolute Gasteiger partial charge is 0.415 e. The van der Waals surface area contributed by atoms with Crippen LogP contribution in [0.5, 0.6) is 5.75 Å². The van der Waals surface area contributed by atoms with E-state index in [0.29, 0.717) is 28.6 Å². The topological polar surface area (TPSA) is 140 Å². The van der Waals surface area contributed by atoms with Gasteiger partial charge >= 0.3 is 12.2 Å². The fourth-order valence-electron chi connectivity index (χ4n) is 5.68. The third-order valence-corrected chi connectivity index (χ3v) is 13.8. The lowest BCUT2D eigenvalue weighted by molar-refractivity contribution is -0.121. The molecule has 0 bridgehead atoms. The largest absolute Gasteiger partial charge is 0.484 e. The van der Waals surface area contributed by atoms with Crippen molar-refractivity contribution >= 4 is 49.4 Å². The summed E-state index contributed by atoms with van der Waals surface area (Å²) in [4.78, 5) is 60.1. The van der Waals surface area contributed by atoms with Gasteiger partial charge in [0.05, 0.1) is 36.6 Å². The summed E-state index contributed by atoms with van der Waals surface area (Å²) in [6.07, 6.45) is -1.46. The Morgan fingerprint density at radius 1 is 1.10 bits per heavy atom. The highest BCUT2D eigenvalue weighted by Crippen LogP contribution is 2.40. The van der Waals surface area contributed by atoms with Gasteiger partial charge in [0, 0.05) is 18.7 Å². The van der Waals surface area contributed by atoms with Crippen LogP contribution < -0.4 is 24.8 Å². The maximum atomic E-state index is 15.7. The minimum Gasteiger partial charge on any atom is -0.484 e. The molecule has 1 aromatic heterocycles. The molecule has 0 aliphatic carbocycles. The second-order valence-corrected chi connectivity index (χ2v) is 20.1. The molecule has 5 rings (SSSR count). The molecule has 2 aromatic rings. The minimum atomic E-state index is -2.13. The third kappa shape index (κ3) is 8.27. The van der Waals surface area contributed by atoms with E-state index >= 15 is 4.39 Å². The van der Waals surface area contributed by atoms with Crippen LogP contribution in [-0.4, -0.2) is 94.8 Å². The Balaban J connectivity index is 1.29. The Morgan fingerprint density at radius 2 is 1.84 bits per heavy atom. The maximum Gasteiger partial charge on any atom is 0.415 e. The van der Waals surface area contributed by atoms with Gasteiger partial charge in [-0.15, -0.1) is 0 Å². The minimum absolute atomic E-state index is 0.00512. The van der Waals surface area contributed by atoms with E-state index in [1.165, 1.54) is 26.8 Å². The van der Waals surface area contributed by atoms with Gasteiger partial charge in [-0.05, 0) is 76.1 Å². The highest BCUT2D eigenvalue weighted by molar-refractivity contribution is 6.74. The number of rotatable bonds is 10. The van der Waals surface area contributed by atoms with Gasteiger partial charge in [-0.2, -0.15) is 0 Å². The molecule has 50 heavy (non-hydrogen) atoms. The molecule has 3 amide bonds. The first-order chi connectivity index (χ1) is 23.3. The zero-order valence-electron chi connectivity index (χ0n) is 30.2. The van der Waals surface area contributed by atoms with E-state index in [-0.39, 0.29) is 81.1 Å². The van der Waals surface area contributed by atoms with Crippen LogP contribution in [-0.2, 0) is 36.3 Å². The van der Waals surface area contributed by atoms with E-state index in [1.807, 2.05) is 0 Å². The number of nitrogens with one attached hydrogen (secondary N) is 1. The lowest BCUT2D eigenvalue weighted by Gasteiger charge is -2.40. The number of pyridine rings is 1. The molecule has 272 valence electrons. The van der Waals surface area contributed by atoms with E-state index in [2.05, 4.69) is 44.2 Å². The highest BCUT2D eigenvalue weighted by Gasteiger charge is 2.40. The van der Waals surface area contributed by atoms with Crippen LogP contribution in [0.4, 0.5) is 31.2 Å². The zero-order chi connectivity index (χ0) is 36.6. The standard InChI is InChI=1S/C35H48FN5O8Si/c1-34(2,3)49-33(45)40-20-30(43)39(15-16-47-50(7,8)35(4,5)6)31-24(25(36)9-10-27(31)40)13-14-37-18-23-19-41(32(44)48-23)29-12-11-28-26(38-29)17-22(42)21-46-28/h9-12,23,37H,13-21H2,1-8H3/t23-/m0/s1. The summed E-state index contributed by atoms with van der Waals surface area (Å²) in [7, 11) is -2.13. The number of amides is 3. The number of ether oxygens (including phenoxy) is 3. The van der Waals surface area contributed by atoms with Crippen molar-refractivity contribution in [3.05, 3.63) is 41.3 Å². The molecule has 1 fully saturated rings. The molecule has 0 unspecified atom stereocenters. The molecule has 13 nitrogen and oxygen atoms in total. The predicted octanol–water partition coefficient (Wildman–Crippen LogP) is 4.99. The normalized spacial score (nSPS) is 18.1. The van der Waals surface area contributed by atoms with Crippen LogP contribution >= 0.6 is 0 Å². The number of cyclic esters (lactones) is 1. The van der Waals surface area contributed by atoms with E-state index < -0.39 is 38.0 Å². The number of fused-ring (bicyclic) bond motifs is 2. The van der Waals surface area contributed by atoms with Gasteiger partial charge in [0.15, 0.2) is 14.1 Å². The monoisotopic (exact) mass is 713 g/mol. The first-order valence-electron chi connectivity index (χ1n) is 16.9. The van der Waals surface area contributed by atoms with Crippen molar-refractivity contribution in [2.24, 2.45) is 0 Å². The fourth-order valence-corrected chi connectivity index (χ4v) is 6.72. The van der Waals surface area contributed by atoms with Gasteiger partial charge in [0.2, 0.25) is 5.91 Å². The van der Waals surface area contributed by atoms with Crippen LogP contribution in [0.2, 0.25) is 18.1 Å². The number of carbonyl (C=O) groups excluding carboxylic acids is 4. The van der Waals surface area contributed by atoms with Gasteiger partial charge in [-0.3, -0.25) is 19.4 Å². The maximum absolute atomic E-state index is 15.7. The molecule has 1 atom stereocenters. The van der Waals surface area contributed by atoms with Crippen molar-refractivity contribution in [2.45, 2.75) is 84.2 Å². The third-order valence-electron chi connectivity index (χ3n) is 9.30. The predicted molar refractivity (Wildman–Crippen MR) is 188 cm³/mol. The molecule has 0 saturated carbocycles. The SMILES string of the molecule is CC(C)(C)OC(=O)N1CC(=O)N(CCO[Si](C)(C)C(C)(C)C)c2c1ccc(F)c2CCNC[C@H]1CN(c2ccc3c(n2)CC(=O)CO3)C(=O)O1. The van der Waals surface area contributed by atoms with Crippen molar-refractivity contribution < 1.29 is 42.2 Å². The van der Waals surface area contributed by atoms with Crippen molar-refractivity contribution in [3.63, 3.8) is 0 Å². The van der Waals surface area contributed by atoms with Crippen molar-refractivity contribution in [3.8, 4) is 5.75 Å². The number of carbonyl (C=O) groups is 4. The zero-order valence-corrected chi connectivity index (χ0v) is 31.2. The highest BCUT2D eigenvalue weighted by atomic mass is 28.4. The average molecular weight is 714 g/mol. The number of Topliss-reactive ketones (excluding diaryl/α,β-unsaturated/α-hetero) is 1. The number of anilines is 3. The van der Waals surface area contributed by atoms with Crippen molar-refractivity contribution in [1.29, 1.82) is 0 Å². The Kier molecular flexibility index (Phi) is 10.6. The molecule has 4 heterocycles. The second kappa shape index (κ2) is 14.3. The van der Waals surface area contributed by atoms with Gasteiger partial charge < -0.3 is 28.9 Å². The van der Waals surface area contributed by atoms with E-state index in [4.69, 9.17) is 18.6 Å². The molecule has 3 aliphatic rings. The van der Waals surface area contributed by atoms with Gasteiger partial charge in [-0.25, -0.2) is 19.0 Å². The van der Waals surface area contributed by atoms with Crippen molar-refractivity contribution in [1.82, 2.24) is 10.3 Å². The number of benzene rings is 1. The van der Waals surface area contributed by atoms with Crippen LogP contribution in [0.15, 0.2) is 24.3 Å². The molecule has 0 spiro atoms. The molecular weight excluding hydrogens is 665 g/mol. The van der Waals surface area contributed by atoms with E-state index in [1.54, 1.807) is 32.9 Å². The summed E-state index contributed by atoms with van der Waals surface area (Å²) in [5.74, 6) is -0.0870. The number of ketones is 1. The van der Waals surface area contributed by atoms with Gasteiger partial charge in [-0.1, -0.05) is 20.8 Å². The molecule has 3 aliphatic heterocycles. The molecule has 0 radical (unpaired) electrons. The summed E-state index contributed by atoms with van der Waals surface area (Å²) in [6.45, 7) is 16.9. The first kappa shape index (κ1) is 37.2. The summed E-state index contributed by atoms with van der Waals surface area (Å²) in [5, 5.41) is 3.21. The number of halogens is 1. The van der Waals surface area contributed by atoms with Crippen LogP contribution in [0.25, 0.3) is 0 Å². The number of hydrogen-bond acceptors (Lipinski definition) is 10. The summed E-state index contributed by atoms with van der Waals surface area (Å²) in [6, 6.07) is 6.14. The van der Waals surface area contributed by atoms with Gasteiger partial charge in [0.25, 0.3) is 0 Å². The average Bonchev–Trinajstić information content (AvgIpc) is 3.39. The lowest BCUT2D eigenvalue weighted by atomic mass is 10.0. The van der Waals surface area contributed by atoms with Gasteiger partial charge in [0.1, 0.15) is 42.2 Å². The summed E-state index contributed by atoms with van der Waals surface area (Å²) < 4.78 is 38.6. The number of nitrogens with zero attached hydrogens (tertiary/aromatic N) is 4. The summed E-state index contributed by atoms with van der Waals surface area (Å²) >= 11 is 0. The Hall–Kier alpha value is -4.08. The van der Waals surface area contributed by atoms with Crippen LogP contribution in [0.3, 0.4) is 0 Å². The number of hydrogen-bond donors (Lipinski definition) is 1. The van der Waals surface area contributed by atoms with E-state index in [9.17, 15) is 19.2 Å². The van der Waals surface area contributed by atoms with E-state index in [0.717, 1.165) is 0 Å². The van der Waals surface area contributed by atoms with Crippen LogP contribution in [0, 0.1) is 5.82 Å². The molecule has 1 aromatic carbocycles. The quantitative estimate of drug-likeness (QED) is 0.265. The molecule has 1 N–H and O–H groups in total. The lowest BCUT2D eigenvalue weighted by Crippen LogP contribution is -2.51. The Bertz CT molecular complexity index is 1660. The molecule has 15 heteroatoms. The fraction of sp³-hybridized carbons (Fsp3) is 0.571. The summed E-state index contributed by atoms with van der Waals surface area (Å²) in [5.41, 5.74) is 0.638. The van der Waals surface area contributed by atoms with Crippen molar-refractivity contribution in [2.75, 3.05) is 60.6 Å². The first-order valence-corrected chi connectivity index (χ1v) is 19.8. The second-order valence-electron chi connectivity index (χ2n) is 15.3. The Labute approximate surface area is 293 Å². The van der Waals surface area contributed by atoms with Crippen LogP contribution in [0.1, 0.15) is 52.8 Å². The molecule has 1 saturated heterocycles.